The van der Waals surface area contributed by atoms with Crippen LogP contribution in [0.25, 0.3) is 0 Å². The Morgan fingerprint density at radius 2 is 2.00 bits per heavy atom. The van der Waals surface area contributed by atoms with Crippen molar-refractivity contribution in [2.75, 3.05) is 13.1 Å². The third-order valence-electron chi connectivity index (χ3n) is 2.96. The van der Waals surface area contributed by atoms with Crippen molar-refractivity contribution in [2.45, 2.75) is 52.0 Å². The summed E-state index contributed by atoms with van der Waals surface area (Å²) < 4.78 is 0. The van der Waals surface area contributed by atoms with Crippen molar-refractivity contribution in [3.05, 3.63) is 0 Å². The highest BCUT2D eigenvalue weighted by molar-refractivity contribution is 4.78. The molecule has 0 spiro atoms. The second-order valence-corrected chi connectivity index (χ2v) is 4.29. The molecule has 0 unspecified atom stereocenters. The van der Waals surface area contributed by atoms with Crippen molar-refractivity contribution in [2.24, 2.45) is 0 Å². The molecule has 0 saturated carbocycles. The molecule has 0 radical (unpaired) electrons. The van der Waals surface area contributed by atoms with Gasteiger partial charge in [0.2, 0.25) is 0 Å². The van der Waals surface area contributed by atoms with E-state index in [1.54, 1.807) is 0 Å². The average Bonchev–Trinajstić information content (AvgIpc) is 2.32. The highest BCUT2D eigenvalue weighted by Gasteiger charge is 2.24. The fourth-order valence-corrected chi connectivity index (χ4v) is 1.57. The number of nitrogens with zero attached hydrogens (tertiary/aromatic N) is 1. The Balaban J connectivity index is 2.47. The van der Waals surface area contributed by atoms with Crippen molar-refractivity contribution < 1.29 is 0 Å². The highest BCUT2D eigenvalue weighted by atomic mass is 15.5. The van der Waals surface area contributed by atoms with E-state index in [0.717, 1.165) is 6.54 Å². The summed E-state index contributed by atoms with van der Waals surface area (Å²) in [7, 11) is 0. The van der Waals surface area contributed by atoms with Crippen LogP contribution in [0, 0.1) is 0 Å². The van der Waals surface area contributed by atoms with E-state index >= 15 is 0 Å². The van der Waals surface area contributed by atoms with Crippen LogP contribution in [0.4, 0.5) is 0 Å². The average molecular weight is 170 g/mol. The zero-order chi connectivity index (χ0) is 9.03. The Morgan fingerprint density at radius 3 is 2.67 bits per heavy atom. The van der Waals surface area contributed by atoms with Crippen molar-refractivity contribution in [1.82, 2.24) is 10.4 Å². The summed E-state index contributed by atoms with van der Waals surface area (Å²) in [6.07, 6.45) is 5.26. The van der Waals surface area contributed by atoms with Crippen molar-refractivity contribution >= 4 is 0 Å². The molecule has 1 aliphatic rings. The molecule has 0 bridgehead atoms. The van der Waals surface area contributed by atoms with E-state index in [9.17, 15) is 0 Å². The second kappa shape index (κ2) is 4.24. The Bertz CT molecular complexity index is 124. The summed E-state index contributed by atoms with van der Waals surface area (Å²) in [4.78, 5) is 0. The number of hydrogen-bond acceptors (Lipinski definition) is 2. The van der Waals surface area contributed by atoms with E-state index in [2.05, 4.69) is 31.2 Å². The summed E-state index contributed by atoms with van der Waals surface area (Å²) in [5, 5.41) is 2.42. The molecule has 0 aliphatic carbocycles. The summed E-state index contributed by atoms with van der Waals surface area (Å²) in [6, 6.07) is 0. The molecular formula is C10H22N2. The fraction of sp³-hybridized carbons (Fsp3) is 1.00. The molecule has 1 rings (SSSR count). The van der Waals surface area contributed by atoms with Gasteiger partial charge in [-0.05, 0) is 33.1 Å². The van der Waals surface area contributed by atoms with Gasteiger partial charge in [-0.15, -0.1) is 0 Å². The largest absolute Gasteiger partial charge is 0.255 e. The molecule has 0 aromatic rings. The van der Waals surface area contributed by atoms with E-state index in [1.165, 1.54) is 32.2 Å². The van der Waals surface area contributed by atoms with Crippen LogP contribution in [0.5, 0.6) is 0 Å². The van der Waals surface area contributed by atoms with E-state index in [-0.39, 0.29) is 0 Å². The minimum Gasteiger partial charge on any atom is -0.255 e. The maximum Gasteiger partial charge on any atom is 0.0295 e. The van der Waals surface area contributed by atoms with Gasteiger partial charge in [0, 0.05) is 18.6 Å². The number of nitrogens with one attached hydrogen (secondary N) is 1. The molecule has 12 heavy (non-hydrogen) atoms. The first kappa shape index (κ1) is 10.0. The lowest BCUT2D eigenvalue weighted by molar-refractivity contribution is 0.0635. The normalized spacial score (nSPS) is 22.2. The monoisotopic (exact) mass is 170 g/mol. The van der Waals surface area contributed by atoms with E-state index in [1.807, 2.05) is 0 Å². The number of hydrogen-bond donors (Lipinski definition) is 1. The van der Waals surface area contributed by atoms with E-state index in [4.69, 9.17) is 0 Å². The zero-order valence-electron chi connectivity index (χ0n) is 8.69. The first-order chi connectivity index (χ1) is 5.67. The smallest absolute Gasteiger partial charge is 0.0295 e. The Kier molecular flexibility index (Phi) is 3.53. The lowest BCUT2D eigenvalue weighted by Gasteiger charge is -2.37. The molecular weight excluding hydrogens is 148 g/mol. The highest BCUT2D eigenvalue weighted by Crippen LogP contribution is 2.18. The first-order valence-electron chi connectivity index (χ1n) is 5.18. The van der Waals surface area contributed by atoms with Crippen LogP contribution in [0.1, 0.15) is 46.5 Å². The van der Waals surface area contributed by atoms with Crippen molar-refractivity contribution in [3.8, 4) is 0 Å². The molecule has 0 amide bonds. The Hall–Kier alpha value is -0.0800. The standard InChI is InChI=1S/C10H22N2/c1-4-10(2,3)12-9-7-5-6-8-11-12/h11H,4-9H2,1-3H3. The van der Waals surface area contributed by atoms with Crippen LogP contribution in [-0.2, 0) is 0 Å². The van der Waals surface area contributed by atoms with Crippen LogP contribution < -0.4 is 5.43 Å². The van der Waals surface area contributed by atoms with Gasteiger partial charge in [0.25, 0.3) is 0 Å². The molecule has 1 N–H and O–H groups in total. The quantitative estimate of drug-likeness (QED) is 0.683. The molecule has 0 atom stereocenters. The van der Waals surface area contributed by atoms with E-state index < -0.39 is 0 Å². The van der Waals surface area contributed by atoms with Gasteiger partial charge in [-0.3, -0.25) is 5.43 Å². The van der Waals surface area contributed by atoms with Crippen LogP contribution in [0.2, 0.25) is 0 Å². The minimum absolute atomic E-state index is 0.324. The zero-order valence-corrected chi connectivity index (χ0v) is 8.69. The summed E-state index contributed by atoms with van der Waals surface area (Å²) in [5.41, 5.74) is 3.83. The van der Waals surface area contributed by atoms with Crippen LogP contribution >= 0.6 is 0 Å². The summed E-state index contributed by atoms with van der Waals surface area (Å²) in [5.74, 6) is 0. The number of hydrazine groups is 1. The molecule has 1 saturated heterocycles. The van der Waals surface area contributed by atoms with Gasteiger partial charge >= 0.3 is 0 Å². The second-order valence-electron chi connectivity index (χ2n) is 4.29. The molecule has 1 fully saturated rings. The molecule has 2 heteroatoms. The SMILES string of the molecule is CCC(C)(C)N1CCCCCN1. The first-order valence-corrected chi connectivity index (χ1v) is 5.18. The van der Waals surface area contributed by atoms with E-state index in [0.29, 0.717) is 5.54 Å². The van der Waals surface area contributed by atoms with Gasteiger partial charge in [-0.25, -0.2) is 5.01 Å². The predicted octanol–water partition coefficient (Wildman–Crippen LogP) is 2.17. The van der Waals surface area contributed by atoms with Gasteiger partial charge < -0.3 is 0 Å². The molecule has 1 heterocycles. The minimum atomic E-state index is 0.324. The molecule has 72 valence electrons. The summed E-state index contributed by atoms with van der Waals surface area (Å²) >= 11 is 0. The maximum atomic E-state index is 3.51. The van der Waals surface area contributed by atoms with Crippen LogP contribution in [-0.4, -0.2) is 23.6 Å². The van der Waals surface area contributed by atoms with Gasteiger partial charge in [-0.1, -0.05) is 13.3 Å². The summed E-state index contributed by atoms with van der Waals surface area (Å²) in [6.45, 7) is 9.24. The predicted molar refractivity (Wildman–Crippen MR) is 52.9 cm³/mol. The Morgan fingerprint density at radius 1 is 1.25 bits per heavy atom. The molecule has 1 aliphatic heterocycles. The molecule has 0 aromatic heterocycles. The third kappa shape index (κ3) is 2.46. The Labute approximate surface area is 76.3 Å². The maximum absolute atomic E-state index is 3.51. The van der Waals surface area contributed by atoms with Gasteiger partial charge in [-0.2, -0.15) is 0 Å². The lowest BCUT2D eigenvalue weighted by atomic mass is 10.0. The van der Waals surface area contributed by atoms with Gasteiger partial charge in [0.05, 0.1) is 0 Å². The molecule has 0 aromatic carbocycles. The van der Waals surface area contributed by atoms with Crippen LogP contribution in [0.15, 0.2) is 0 Å². The van der Waals surface area contributed by atoms with Crippen molar-refractivity contribution in [1.29, 1.82) is 0 Å². The molecule has 2 nitrogen and oxygen atoms in total. The van der Waals surface area contributed by atoms with Gasteiger partial charge in [0.1, 0.15) is 0 Å². The third-order valence-corrected chi connectivity index (χ3v) is 2.96. The fourth-order valence-electron chi connectivity index (χ4n) is 1.57. The van der Waals surface area contributed by atoms with Crippen LogP contribution in [0.3, 0.4) is 0 Å². The lowest BCUT2D eigenvalue weighted by Crippen LogP contribution is -2.51. The van der Waals surface area contributed by atoms with Crippen molar-refractivity contribution in [3.63, 3.8) is 0 Å². The van der Waals surface area contributed by atoms with Gasteiger partial charge in [0.15, 0.2) is 0 Å². The topological polar surface area (TPSA) is 15.3 Å². The number of rotatable bonds is 2.